The summed E-state index contributed by atoms with van der Waals surface area (Å²) in [6, 6.07) is 0. The van der Waals surface area contributed by atoms with Crippen LogP contribution in [0, 0.1) is 5.41 Å². The largest absolute Gasteiger partial charge is 0.396 e. The maximum Gasteiger partial charge on any atom is 0.189 e. The van der Waals surface area contributed by atoms with Crippen LogP contribution >= 0.6 is 0 Å². The zero-order valence-corrected chi connectivity index (χ0v) is 12.1. The molecule has 0 saturated heterocycles. The van der Waals surface area contributed by atoms with Crippen LogP contribution in [-0.2, 0) is 0 Å². The van der Waals surface area contributed by atoms with Crippen molar-refractivity contribution in [1.82, 2.24) is 5.32 Å². The van der Waals surface area contributed by atoms with Crippen molar-refractivity contribution in [3.05, 3.63) is 0 Å². The second kappa shape index (κ2) is 6.41. The van der Waals surface area contributed by atoms with E-state index >= 15 is 0 Å². The Kier molecular flexibility index (Phi) is 5.45. The minimum absolute atomic E-state index is 0.0513. The Hall–Kier alpha value is -0.770. The molecule has 0 amide bonds. The van der Waals surface area contributed by atoms with Crippen molar-refractivity contribution >= 4 is 5.96 Å². The number of guanidine groups is 1. The van der Waals surface area contributed by atoms with Crippen molar-refractivity contribution in [1.29, 1.82) is 0 Å². The molecule has 1 aliphatic carbocycles. The van der Waals surface area contributed by atoms with Gasteiger partial charge in [-0.1, -0.05) is 19.3 Å². The molecule has 0 bridgehead atoms. The lowest BCUT2D eigenvalue weighted by molar-refractivity contribution is 0.137. The highest BCUT2D eigenvalue weighted by Crippen LogP contribution is 2.39. The minimum Gasteiger partial charge on any atom is -0.396 e. The summed E-state index contributed by atoms with van der Waals surface area (Å²) >= 11 is 0. The number of aliphatic imine (C=N–C) groups is 1. The third-order valence-corrected chi connectivity index (χ3v) is 3.64. The SMILES string of the molecule is CC(C)(C)NC(N)=NCC1(CCO)CCCCC1. The van der Waals surface area contributed by atoms with Crippen molar-refractivity contribution in [3.8, 4) is 0 Å². The first-order chi connectivity index (χ1) is 8.37. The van der Waals surface area contributed by atoms with Crippen molar-refractivity contribution < 1.29 is 5.11 Å². The van der Waals surface area contributed by atoms with Gasteiger partial charge in [0.25, 0.3) is 0 Å². The molecule has 1 aliphatic rings. The summed E-state index contributed by atoms with van der Waals surface area (Å²) in [4.78, 5) is 4.50. The molecular formula is C14H29N3O. The van der Waals surface area contributed by atoms with Crippen LogP contribution in [0.2, 0.25) is 0 Å². The molecule has 4 heteroatoms. The van der Waals surface area contributed by atoms with Crippen LogP contribution in [0.25, 0.3) is 0 Å². The van der Waals surface area contributed by atoms with Crippen LogP contribution in [0.5, 0.6) is 0 Å². The quantitative estimate of drug-likeness (QED) is 0.531. The number of hydrogen-bond donors (Lipinski definition) is 3. The van der Waals surface area contributed by atoms with Gasteiger partial charge < -0.3 is 16.2 Å². The molecule has 0 heterocycles. The predicted octanol–water partition coefficient (Wildman–Crippen LogP) is 2.02. The van der Waals surface area contributed by atoms with E-state index in [0.717, 1.165) is 13.0 Å². The molecule has 1 fully saturated rings. The average Bonchev–Trinajstić information content (AvgIpc) is 2.26. The average molecular weight is 255 g/mol. The standard InChI is InChI=1S/C14H29N3O/c1-13(2,3)17-12(15)16-11-14(9-10-18)7-5-4-6-8-14/h18H,4-11H2,1-3H3,(H3,15,16,17). The lowest BCUT2D eigenvalue weighted by Crippen LogP contribution is -2.45. The van der Waals surface area contributed by atoms with Crippen LogP contribution in [0.15, 0.2) is 4.99 Å². The van der Waals surface area contributed by atoms with Gasteiger partial charge in [-0.2, -0.15) is 0 Å². The molecule has 0 spiro atoms. The van der Waals surface area contributed by atoms with Gasteiger partial charge in [0.1, 0.15) is 0 Å². The highest BCUT2D eigenvalue weighted by molar-refractivity contribution is 5.78. The van der Waals surface area contributed by atoms with Crippen molar-refractivity contribution in [2.24, 2.45) is 16.1 Å². The fraction of sp³-hybridized carbons (Fsp3) is 0.929. The first-order valence-electron chi connectivity index (χ1n) is 7.06. The molecular weight excluding hydrogens is 226 g/mol. The summed E-state index contributed by atoms with van der Waals surface area (Å²) in [6.45, 7) is 7.20. The molecule has 0 aliphatic heterocycles. The minimum atomic E-state index is -0.0513. The van der Waals surface area contributed by atoms with Gasteiger partial charge >= 0.3 is 0 Å². The van der Waals surface area contributed by atoms with E-state index in [0.29, 0.717) is 5.96 Å². The van der Waals surface area contributed by atoms with Crippen molar-refractivity contribution in [2.45, 2.75) is 64.8 Å². The number of rotatable bonds is 4. The lowest BCUT2D eigenvalue weighted by Gasteiger charge is -2.35. The zero-order chi connectivity index (χ0) is 13.6. The van der Waals surface area contributed by atoms with Gasteiger partial charge in [-0.3, -0.25) is 4.99 Å². The molecule has 0 unspecified atom stereocenters. The predicted molar refractivity (Wildman–Crippen MR) is 76.6 cm³/mol. The van der Waals surface area contributed by atoms with Gasteiger partial charge in [0, 0.05) is 18.7 Å². The Morgan fingerprint density at radius 2 is 1.89 bits per heavy atom. The summed E-state index contributed by atoms with van der Waals surface area (Å²) in [7, 11) is 0. The van der Waals surface area contributed by atoms with E-state index in [1.54, 1.807) is 0 Å². The second-order valence-electron chi connectivity index (χ2n) is 6.61. The van der Waals surface area contributed by atoms with E-state index in [2.05, 4.69) is 31.1 Å². The smallest absolute Gasteiger partial charge is 0.189 e. The van der Waals surface area contributed by atoms with Crippen molar-refractivity contribution in [2.75, 3.05) is 13.2 Å². The fourth-order valence-electron chi connectivity index (χ4n) is 2.70. The second-order valence-corrected chi connectivity index (χ2v) is 6.61. The van der Waals surface area contributed by atoms with Gasteiger partial charge in [0.2, 0.25) is 0 Å². The summed E-state index contributed by atoms with van der Waals surface area (Å²) in [6.07, 6.45) is 7.00. The van der Waals surface area contributed by atoms with E-state index in [1.807, 2.05) is 0 Å². The molecule has 0 aromatic carbocycles. The van der Waals surface area contributed by atoms with E-state index in [-0.39, 0.29) is 17.6 Å². The van der Waals surface area contributed by atoms with E-state index in [1.165, 1.54) is 32.1 Å². The Labute approximate surface area is 111 Å². The Balaban J connectivity index is 2.58. The van der Waals surface area contributed by atoms with Crippen molar-refractivity contribution in [3.63, 3.8) is 0 Å². The lowest BCUT2D eigenvalue weighted by atomic mass is 9.72. The van der Waals surface area contributed by atoms with E-state index < -0.39 is 0 Å². The molecule has 18 heavy (non-hydrogen) atoms. The molecule has 0 radical (unpaired) electrons. The Morgan fingerprint density at radius 3 is 2.39 bits per heavy atom. The molecule has 0 aromatic rings. The zero-order valence-electron chi connectivity index (χ0n) is 12.1. The number of aliphatic hydroxyl groups is 1. The summed E-state index contributed by atoms with van der Waals surface area (Å²) < 4.78 is 0. The molecule has 106 valence electrons. The normalized spacial score (nSPS) is 20.8. The monoisotopic (exact) mass is 255 g/mol. The van der Waals surface area contributed by atoms with Crippen LogP contribution in [0.4, 0.5) is 0 Å². The number of hydrogen-bond acceptors (Lipinski definition) is 2. The topological polar surface area (TPSA) is 70.6 Å². The van der Waals surface area contributed by atoms with Crippen LogP contribution in [0.1, 0.15) is 59.3 Å². The van der Waals surface area contributed by atoms with E-state index in [9.17, 15) is 5.11 Å². The summed E-state index contributed by atoms with van der Waals surface area (Å²) in [5, 5.41) is 12.4. The highest BCUT2D eigenvalue weighted by atomic mass is 16.3. The number of nitrogens with two attached hydrogens (primary N) is 1. The molecule has 0 aromatic heterocycles. The maximum atomic E-state index is 9.24. The van der Waals surface area contributed by atoms with Gasteiger partial charge in [-0.15, -0.1) is 0 Å². The number of nitrogens with zero attached hydrogens (tertiary/aromatic N) is 1. The third-order valence-electron chi connectivity index (χ3n) is 3.64. The molecule has 1 saturated carbocycles. The van der Waals surface area contributed by atoms with Crippen LogP contribution in [-0.4, -0.2) is 29.8 Å². The number of nitrogens with one attached hydrogen (secondary N) is 1. The highest BCUT2D eigenvalue weighted by Gasteiger charge is 2.31. The van der Waals surface area contributed by atoms with E-state index in [4.69, 9.17) is 5.73 Å². The first kappa shape index (κ1) is 15.3. The molecule has 4 N–H and O–H groups in total. The molecule has 1 rings (SSSR count). The van der Waals surface area contributed by atoms with Gasteiger partial charge in [0.15, 0.2) is 5.96 Å². The van der Waals surface area contributed by atoms with Gasteiger partial charge in [0.05, 0.1) is 0 Å². The summed E-state index contributed by atoms with van der Waals surface area (Å²) in [5.74, 6) is 0.519. The maximum absolute atomic E-state index is 9.24. The first-order valence-corrected chi connectivity index (χ1v) is 7.06. The molecule has 4 nitrogen and oxygen atoms in total. The van der Waals surface area contributed by atoms with Gasteiger partial charge in [-0.05, 0) is 45.4 Å². The number of aliphatic hydroxyl groups excluding tert-OH is 1. The Morgan fingerprint density at radius 1 is 1.28 bits per heavy atom. The van der Waals surface area contributed by atoms with Crippen LogP contribution in [0.3, 0.4) is 0 Å². The van der Waals surface area contributed by atoms with Gasteiger partial charge in [-0.25, -0.2) is 0 Å². The van der Waals surface area contributed by atoms with Crippen LogP contribution < -0.4 is 11.1 Å². The summed E-state index contributed by atoms with van der Waals surface area (Å²) in [5.41, 5.74) is 6.03. The molecule has 0 atom stereocenters. The third kappa shape index (κ3) is 5.25. The Bertz CT molecular complexity index is 270. The fourth-order valence-corrected chi connectivity index (χ4v) is 2.70.